The molecule has 2 N–H and O–H groups in total. The Hall–Kier alpha value is -2.45. The molecule has 2 heterocycles. The third-order valence-electron chi connectivity index (χ3n) is 5.23. The van der Waals surface area contributed by atoms with Crippen LogP contribution in [0.1, 0.15) is 34.8 Å². The number of halogens is 1. The summed E-state index contributed by atoms with van der Waals surface area (Å²) >= 11 is 0. The number of carbonyl (C=O) groups is 1. The minimum absolute atomic E-state index is 0.102. The van der Waals surface area contributed by atoms with Crippen LogP contribution in [0.5, 0.6) is 0 Å². The number of fused-ring (bicyclic) bond motifs is 1. The van der Waals surface area contributed by atoms with Gasteiger partial charge in [-0.25, -0.2) is 9.18 Å². The van der Waals surface area contributed by atoms with E-state index in [1.165, 1.54) is 19.4 Å². The standard InChI is InChI=1S/C19H22FN3O4/c1-27-10-14-16-12(8-15(20)17(14)22-6-4-21-5-7-22)18(24)13(19(25)26)9-23(16)11-2-3-11/h8-9,11,21H,2-7,10H2,1H3,(H,25,26). The fourth-order valence-corrected chi connectivity index (χ4v) is 3.86. The number of methoxy groups -OCH3 is 1. The molecule has 8 heteroatoms. The van der Waals surface area contributed by atoms with Crippen molar-refractivity contribution in [3.63, 3.8) is 0 Å². The van der Waals surface area contributed by atoms with Crippen LogP contribution in [0.25, 0.3) is 10.9 Å². The first-order chi connectivity index (χ1) is 13.0. The Bertz CT molecular complexity index is 962. The summed E-state index contributed by atoms with van der Waals surface area (Å²) in [6.07, 6.45) is 3.22. The molecule has 0 atom stereocenters. The molecule has 1 aliphatic heterocycles. The van der Waals surface area contributed by atoms with Crippen LogP contribution in [0.3, 0.4) is 0 Å². The fourth-order valence-electron chi connectivity index (χ4n) is 3.86. The Morgan fingerprint density at radius 2 is 2.07 bits per heavy atom. The number of anilines is 1. The van der Waals surface area contributed by atoms with Crippen LogP contribution in [0, 0.1) is 5.82 Å². The number of hydrogen-bond donors (Lipinski definition) is 2. The monoisotopic (exact) mass is 375 g/mol. The minimum atomic E-state index is -1.30. The van der Waals surface area contributed by atoms with E-state index in [9.17, 15) is 14.7 Å². The normalized spacial score (nSPS) is 17.5. The highest BCUT2D eigenvalue weighted by Crippen LogP contribution is 2.40. The van der Waals surface area contributed by atoms with Gasteiger partial charge in [0, 0.05) is 56.5 Å². The highest BCUT2D eigenvalue weighted by atomic mass is 19.1. The maximum atomic E-state index is 15.1. The number of rotatable bonds is 5. The zero-order valence-corrected chi connectivity index (χ0v) is 15.1. The number of carboxylic acid groups (broad SMARTS) is 1. The fraction of sp³-hybridized carbons (Fsp3) is 0.474. The summed E-state index contributed by atoms with van der Waals surface area (Å²) in [4.78, 5) is 26.2. The lowest BCUT2D eigenvalue weighted by Crippen LogP contribution is -2.44. The van der Waals surface area contributed by atoms with E-state index < -0.39 is 17.2 Å². The summed E-state index contributed by atoms with van der Waals surface area (Å²) in [5.41, 5.74) is 0.659. The highest BCUT2D eigenvalue weighted by Gasteiger charge is 2.30. The van der Waals surface area contributed by atoms with Crippen LogP contribution in [-0.2, 0) is 11.3 Å². The van der Waals surface area contributed by atoms with E-state index in [2.05, 4.69) is 5.32 Å². The van der Waals surface area contributed by atoms with Gasteiger partial charge in [-0.15, -0.1) is 0 Å². The van der Waals surface area contributed by atoms with Crippen LogP contribution in [0.4, 0.5) is 10.1 Å². The molecule has 2 aliphatic rings. The average Bonchev–Trinajstić information content (AvgIpc) is 3.48. The van der Waals surface area contributed by atoms with Crippen molar-refractivity contribution in [1.82, 2.24) is 9.88 Å². The van der Waals surface area contributed by atoms with Gasteiger partial charge in [0.15, 0.2) is 0 Å². The maximum absolute atomic E-state index is 15.1. The number of aromatic nitrogens is 1. The predicted octanol–water partition coefficient (Wildman–Crippen LogP) is 1.73. The highest BCUT2D eigenvalue weighted by molar-refractivity contribution is 5.95. The molecule has 144 valence electrons. The number of ether oxygens (including phenoxy) is 1. The van der Waals surface area contributed by atoms with Crippen molar-refractivity contribution in [2.45, 2.75) is 25.5 Å². The molecular weight excluding hydrogens is 353 g/mol. The van der Waals surface area contributed by atoms with Crippen LogP contribution < -0.4 is 15.6 Å². The van der Waals surface area contributed by atoms with Gasteiger partial charge < -0.3 is 24.6 Å². The number of carboxylic acids is 1. The molecule has 1 saturated heterocycles. The SMILES string of the molecule is COCc1c(N2CCNCC2)c(F)cc2c(=O)c(C(=O)O)cn(C3CC3)c12. The second kappa shape index (κ2) is 6.94. The molecule has 1 aromatic heterocycles. The van der Waals surface area contributed by atoms with Crippen molar-refractivity contribution in [3.05, 3.63) is 39.4 Å². The predicted molar refractivity (Wildman–Crippen MR) is 99.2 cm³/mol. The van der Waals surface area contributed by atoms with Crippen LogP contribution >= 0.6 is 0 Å². The first kappa shape index (κ1) is 17.9. The van der Waals surface area contributed by atoms with E-state index in [1.807, 2.05) is 9.47 Å². The molecule has 2 aromatic rings. The topological polar surface area (TPSA) is 83.8 Å². The van der Waals surface area contributed by atoms with Gasteiger partial charge in [-0.2, -0.15) is 0 Å². The zero-order valence-electron chi connectivity index (χ0n) is 15.1. The summed E-state index contributed by atoms with van der Waals surface area (Å²) < 4.78 is 22.3. The number of hydrogen-bond acceptors (Lipinski definition) is 5. The lowest BCUT2D eigenvalue weighted by Gasteiger charge is -2.32. The van der Waals surface area contributed by atoms with E-state index in [1.54, 1.807) is 0 Å². The van der Waals surface area contributed by atoms with Gasteiger partial charge in [-0.3, -0.25) is 4.79 Å². The van der Waals surface area contributed by atoms with Crippen LogP contribution in [0.2, 0.25) is 0 Å². The Labute approximate surface area is 155 Å². The van der Waals surface area contributed by atoms with E-state index >= 15 is 4.39 Å². The summed E-state index contributed by atoms with van der Waals surface area (Å²) in [5.74, 6) is -1.81. The number of nitrogens with zero attached hydrogens (tertiary/aromatic N) is 2. The quantitative estimate of drug-likeness (QED) is 0.828. The molecule has 27 heavy (non-hydrogen) atoms. The Kier molecular flexibility index (Phi) is 4.61. The summed E-state index contributed by atoms with van der Waals surface area (Å²) in [6.45, 7) is 2.95. The number of nitrogens with one attached hydrogen (secondary N) is 1. The number of aromatic carboxylic acids is 1. The smallest absolute Gasteiger partial charge is 0.341 e. The molecule has 0 unspecified atom stereocenters. The van der Waals surface area contributed by atoms with Gasteiger partial charge in [0.2, 0.25) is 5.43 Å². The molecule has 0 amide bonds. The van der Waals surface area contributed by atoms with Gasteiger partial charge in [0.25, 0.3) is 0 Å². The first-order valence-electron chi connectivity index (χ1n) is 9.11. The van der Waals surface area contributed by atoms with E-state index in [-0.39, 0.29) is 23.6 Å². The molecule has 1 aromatic carbocycles. The largest absolute Gasteiger partial charge is 0.477 e. The molecule has 0 radical (unpaired) electrons. The van der Waals surface area contributed by atoms with Crippen molar-refractivity contribution in [3.8, 4) is 0 Å². The Morgan fingerprint density at radius 1 is 1.37 bits per heavy atom. The Morgan fingerprint density at radius 3 is 2.67 bits per heavy atom. The summed E-state index contributed by atoms with van der Waals surface area (Å²) in [7, 11) is 1.53. The minimum Gasteiger partial charge on any atom is -0.477 e. The first-order valence-corrected chi connectivity index (χ1v) is 9.11. The summed E-state index contributed by atoms with van der Waals surface area (Å²) in [5, 5.41) is 12.8. The zero-order chi connectivity index (χ0) is 19.1. The van der Waals surface area contributed by atoms with Crippen LogP contribution in [-0.4, -0.2) is 48.9 Å². The molecule has 2 fully saturated rings. The maximum Gasteiger partial charge on any atom is 0.341 e. The summed E-state index contributed by atoms with van der Waals surface area (Å²) in [6, 6.07) is 1.32. The third kappa shape index (κ3) is 3.08. The Balaban J connectivity index is 2.06. The molecule has 4 rings (SSSR count). The number of piperazine rings is 1. The second-order valence-electron chi connectivity index (χ2n) is 7.07. The molecule has 7 nitrogen and oxygen atoms in total. The average molecular weight is 375 g/mol. The van der Waals surface area contributed by atoms with Crippen molar-refractivity contribution in [1.29, 1.82) is 0 Å². The molecular formula is C19H22FN3O4. The van der Waals surface area contributed by atoms with Gasteiger partial charge in [0.1, 0.15) is 11.4 Å². The third-order valence-corrected chi connectivity index (χ3v) is 5.23. The number of benzene rings is 1. The lowest BCUT2D eigenvalue weighted by atomic mass is 10.0. The van der Waals surface area contributed by atoms with E-state index in [0.717, 1.165) is 25.9 Å². The molecule has 1 saturated carbocycles. The van der Waals surface area contributed by atoms with Gasteiger partial charge in [0.05, 0.1) is 17.8 Å². The molecule has 1 aliphatic carbocycles. The van der Waals surface area contributed by atoms with Gasteiger partial charge >= 0.3 is 5.97 Å². The second-order valence-corrected chi connectivity index (χ2v) is 7.07. The molecule has 0 spiro atoms. The van der Waals surface area contributed by atoms with Crippen LogP contribution in [0.15, 0.2) is 17.1 Å². The van der Waals surface area contributed by atoms with Crippen molar-refractivity contribution < 1.29 is 19.0 Å². The van der Waals surface area contributed by atoms with Crippen molar-refractivity contribution in [2.75, 3.05) is 38.2 Å². The van der Waals surface area contributed by atoms with E-state index in [0.29, 0.717) is 29.9 Å². The number of pyridine rings is 1. The van der Waals surface area contributed by atoms with Crippen molar-refractivity contribution >= 4 is 22.6 Å². The van der Waals surface area contributed by atoms with Gasteiger partial charge in [-0.05, 0) is 18.9 Å². The molecule has 0 bridgehead atoms. The van der Waals surface area contributed by atoms with Gasteiger partial charge in [-0.1, -0.05) is 0 Å². The lowest BCUT2D eigenvalue weighted by molar-refractivity contribution is 0.0695. The van der Waals surface area contributed by atoms with E-state index in [4.69, 9.17) is 4.74 Å². The van der Waals surface area contributed by atoms with Crippen molar-refractivity contribution in [2.24, 2.45) is 0 Å².